The summed E-state index contributed by atoms with van der Waals surface area (Å²) in [6.07, 6.45) is 3.82. The molecule has 0 aliphatic heterocycles. The zero-order valence-electron chi connectivity index (χ0n) is 9.26. The van der Waals surface area contributed by atoms with Crippen LogP contribution in [0.15, 0.2) is 0 Å². The first-order chi connectivity index (χ1) is 5.95. The normalized spacial score (nSPS) is 14.2. The smallest absolute Gasteiger partial charge is 0.307 e. The van der Waals surface area contributed by atoms with Gasteiger partial charge in [-0.05, 0) is 11.8 Å². The molecule has 13 heavy (non-hydrogen) atoms. The maximum Gasteiger partial charge on any atom is 0.307 e. The monoisotopic (exact) mass is 186 g/mol. The van der Waals surface area contributed by atoms with Crippen molar-refractivity contribution in [3.05, 3.63) is 0 Å². The van der Waals surface area contributed by atoms with Gasteiger partial charge in [-0.15, -0.1) is 0 Å². The van der Waals surface area contributed by atoms with Crippen molar-refractivity contribution in [3.8, 4) is 0 Å². The second kappa shape index (κ2) is 5.25. The number of aliphatic carboxylic acids is 1. The first-order valence-corrected chi connectivity index (χ1v) is 5.18. The molecule has 0 aliphatic carbocycles. The van der Waals surface area contributed by atoms with E-state index in [-0.39, 0.29) is 11.3 Å². The predicted octanol–water partition coefficient (Wildman–Crippen LogP) is 3.31. The van der Waals surface area contributed by atoms with Crippen LogP contribution in [0.3, 0.4) is 0 Å². The minimum atomic E-state index is -0.639. The van der Waals surface area contributed by atoms with Gasteiger partial charge in [-0.2, -0.15) is 0 Å². The second-order valence-corrected chi connectivity index (χ2v) is 4.38. The van der Waals surface area contributed by atoms with Crippen molar-refractivity contribution in [3.63, 3.8) is 0 Å². The lowest BCUT2D eigenvalue weighted by Crippen LogP contribution is -2.30. The summed E-state index contributed by atoms with van der Waals surface area (Å²) in [7, 11) is 0. The lowest BCUT2D eigenvalue weighted by atomic mass is 9.74. The van der Waals surface area contributed by atoms with Crippen molar-refractivity contribution in [1.29, 1.82) is 0 Å². The van der Waals surface area contributed by atoms with Gasteiger partial charge in [0.05, 0.1) is 5.92 Å². The standard InChI is InChI=1S/C11H22O2/c1-5-7-8-9(10(12)13)11(3,4)6-2/h9H,5-8H2,1-4H3,(H,12,13). The topological polar surface area (TPSA) is 37.3 Å². The molecule has 0 fully saturated rings. The summed E-state index contributed by atoms with van der Waals surface area (Å²) >= 11 is 0. The third-order valence-electron chi connectivity index (χ3n) is 3.00. The molecular formula is C11H22O2. The summed E-state index contributed by atoms with van der Waals surface area (Å²) in [4.78, 5) is 11.0. The Bertz CT molecular complexity index is 161. The molecule has 0 saturated carbocycles. The Labute approximate surface area is 81.3 Å². The minimum Gasteiger partial charge on any atom is -0.481 e. The lowest BCUT2D eigenvalue weighted by Gasteiger charge is -2.30. The number of carboxylic acids is 1. The number of carbonyl (C=O) groups is 1. The third-order valence-corrected chi connectivity index (χ3v) is 3.00. The molecule has 0 amide bonds. The Balaban J connectivity index is 4.32. The van der Waals surface area contributed by atoms with E-state index in [0.29, 0.717) is 0 Å². The molecule has 0 aliphatic rings. The summed E-state index contributed by atoms with van der Waals surface area (Å²) in [6, 6.07) is 0. The van der Waals surface area contributed by atoms with E-state index in [1.54, 1.807) is 0 Å². The fourth-order valence-corrected chi connectivity index (χ4v) is 1.50. The molecule has 0 aromatic rings. The molecule has 1 N–H and O–H groups in total. The van der Waals surface area contributed by atoms with Crippen molar-refractivity contribution in [2.75, 3.05) is 0 Å². The molecule has 2 nitrogen and oxygen atoms in total. The van der Waals surface area contributed by atoms with Crippen molar-refractivity contribution in [1.82, 2.24) is 0 Å². The third kappa shape index (κ3) is 3.79. The fraction of sp³-hybridized carbons (Fsp3) is 0.909. The molecular weight excluding hydrogens is 164 g/mol. The van der Waals surface area contributed by atoms with Crippen LogP contribution in [0.2, 0.25) is 0 Å². The molecule has 2 heteroatoms. The van der Waals surface area contributed by atoms with Gasteiger partial charge in [0.15, 0.2) is 0 Å². The molecule has 0 aromatic carbocycles. The molecule has 0 heterocycles. The van der Waals surface area contributed by atoms with E-state index >= 15 is 0 Å². The van der Waals surface area contributed by atoms with Gasteiger partial charge >= 0.3 is 5.97 Å². The van der Waals surface area contributed by atoms with Crippen LogP contribution in [-0.4, -0.2) is 11.1 Å². The summed E-state index contributed by atoms with van der Waals surface area (Å²) in [6.45, 7) is 8.24. The highest BCUT2D eigenvalue weighted by Gasteiger charge is 2.32. The van der Waals surface area contributed by atoms with Crippen molar-refractivity contribution in [2.24, 2.45) is 11.3 Å². The second-order valence-electron chi connectivity index (χ2n) is 4.38. The van der Waals surface area contributed by atoms with Crippen molar-refractivity contribution >= 4 is 5.97 Å². The van der Waals surface area contributed by atoms with Gasteiger partial charge in [0, 0.05) is 0 Å². The van der Waals surface area contributed by atoms with Gasteiger partial charge in [-0.1, -0.05) is 47.0 Å². The fourth-order valence-electron chi connectivity index (χ4n) is 1.50. The van der Waals surface area contributed by atoms with E-state index in [2.05, 4.69) is 13.8 Å². The van der Waals surface area contributed by atoms with Crippen molar-refractivity contribution in [2.45, 2.75) is 53.4 Å². The van der Waals surface area contributed by atoms with Crippen LogP contribution in [0.5, 0.6) is 0 Å². The van der Waals surface area contributed by atoms with E-state index < -0.39 is 5.97 Å². The van der Waals surface area contributed by atoms with Crippen LogP contribution in [0.25, 0.3) is 0 Å². The van der Waals surface area contributed by atoms with E-state index in [1.165, 1.54) is 0 Å². The van der Waals surface area contributed by atoms with Crippen LogP contribution in [0.1, 0.15) is 53.4 Å². The van der Waals surface area contributed by atoms with E-state index in [0.717, 1.165) is 25.7 Å². The molecule has 0 bridgehead atoms. The molecule has 1 unspecified atom stereocenters. The highest BCUT2D eigenvalue weighted by molar-refractivity contribution is 5.70. The quantitative estimate of drug-likeness (QED) is 0.691. The van der Waals surface area contributed by atoms with E-state index in [4.69, 9.17) is 5.11 Å². The minimum absolute atomic E-state index is 0.0684. The average molecular weight is 186 g/mol. The van der Waals surface area contributed by atoms with Gasteiger partial charge in [0.2, 0.25) is 0 Å². The molecule has 0 rings (SSSR count). The van der Waals surface area contributed by atoms with Crippen LogP contribution in [-0.2, 0) is 4.79 Å². The zero-order valence-corrected chi connectivity index (χ0v) is 9.26. The maximum absolute atomic E-state index is 11.0. The van der Waals surface area contributed by atoms with Gasteiger partial charge in [-0.3, -0.25) is 4.79 Å². The summed E-state index contributed by atoms with van der Waals surface area (Å²) in [5.74, 6) is -0.822. The van der Waals surface area contributed by atoms with E-state index in [1.807, 2.05) is 13.8 Å². The molecule has 0 radical (unpaired) electrons. The Kier molecular flexibility index (Phi) is 5.04. The van der Waals surface area contributed by atoms with Crippen LogP contribution < -0.4 is 0 Å². The van der Waals surface area contributed by atoms with Gasteiger partial charge in [-0.25, -0.2) is 0 Å². The average Bonchev–Trinajstić information content (AvgIpc) is 2.04. The number of carboxylic acid groups (broad SMARTS) is 1. The number of unbranched alkanes of at least 4 members (excludes halogenated alkanes) is 1. The van der Waals surface area contributed by atoms with Crippen molar-refractivity contribution < 1.29 is 9.90 Å². The predicted molar refractivity (Wildman–Crippen MR) is 54.7 cm³/mol. The van der Waals surface area contributed by atoms with Crippen LogP contribution in [0, 0.1) is 11.3 Å². The summed E-state index contributed by atoms with van der Waals surface area (Å²) < 4.78 is 0. The molecule has 0 aromatic heterocycles. The van der Waals surface area contributed by atoms with Gasteiger partial charge in [0.25, 0.3) is 0 Å². The highest BCUT2D eigenvalue weighted by Crippen LogP contribution is 2.34. The summed E-state index contributed by atoms with van der Waals surface area (Å²) in [5.41, 5.74) is -0.0684. The first kappa shape index (κ1) is 12.5. The van der Waals surface area contributed by atoms with E-state index in [9.17, 15) is 4.79 Å². The Morgan fingerprint density at radius 3 is 2.23 bits per heavy atom. The number of rotatable bonds is 6. The first-order valence-electron chi connectivity index (χ1n) is 5.18. The molecule has 0 spiro atoms. The lowest BCUT2D eigenvalue weighted by molar-refractivity contribution is -0.146. The number of hydrogen-bond donors (Lipinski definition) is 1. The van der Waals surface area contributed by atoms with Gasteiger partial charge < -0.3 is 5.11 Å². The SMILES string of the molecule is CCCCC(C(=O)O)C(C)(C)CC. The molecule has 78 valence electrons. The van der Waals surface area contributed by atoms with Crippen LogP contribution in [0.4, 0.5) is 0 Å². The van der Waals surface area contributed by atoms with Gasteiger partial charge in [0.1, 0.15) is 0 Å². The molecule has 0 saturated heterocycles. The largest absolute Gasteiger partial charge is 0.481 e. The molecule has 1 atom stereocenters. The zero-order chi connectivity index (χ0) is 10.5. The Morgan fingerprint density at radius 2 is 1.92 bits per heavy atom. The maximum atomic E-state index is 11.0. The highest BCUT2D eigenvalue weighted by atomic mass is 16.4. The Hall–Kier alpha value is -0.530. The number of hydrogen-bond acceptors (Lipinski definition) is 1. The Morgan fingerprint density at radius 1 is 1.38 bits per heavy atom. The van der Waals surface area contributed by atoms with Crippen LogP contribution >= 0.6 is 0 Å². The summed E-state index contributed by atoms with van der Waals surface area (Å²) in [5, 5.41) is 9.07.